The molecule has 18 heavy (non-hydrogen) atoms. The maximum Gasteiger partial charge on any atom is 0.335 e. The summed E-state index contributed by atoms with van der Waals surface area (Å²) in [6.07, 6.45) is -0.174. The topological polar surface area (TPSA) is 83.6 Å². The molecule has 1 heterocycles. The van der Waals surface area contributed by atoms with Gasteiger partial charge in [-0.1, -0.05) is 22.0 Å². The molecule has 0 fully saturated rings. The van der Waals surface area contributed by atoms with Crippen LogP contribution in [0, 0.1) is 6.92 Å². The molecule has 0 aliphatic carbocycles. The molecule has 1 amide bonds. The molecular weight excluding hydrogens is 300 g/mol. The summed E-state index contributed by atoms with van der Waals surface area (Å²) in [6.45, 7) is 1.92. The maximum absolute atomic E-state index is 11.8. The second-order valence-corrected chi connectivity index (χ2v) is 4.86. The Morgan fingerprint density at radius 2 is 2.17 bits per heavy atom. The van der Waals surface area contributed by atoms with Crippen molar-refractivity contribution in [3.8, 4) is 0 Å². The number of carbonyl (C=O) groups is 2. The van der Waals surface area contributed by atoms with E-state index < -0.39 is 5.97 Å². The lowest BCUT2D eigenvalue weighted by Crippen LogP contribution is -2.28. The predicted octanol–water partition coefficient (Wildman–Crippen LogP) is 1.75. The van der Waals surface area contributed by atoms with Crippen LogP contribution in [0.15, 0.2) is 34.1 Å². The van der Waals surface area contributed by atoms with Gasteiger partial charge in [-0.2, -0.15) is 0 Å². The Morgan fingerprint density at radius 1 is 1.50 bits per heavy atom. The Hall–Kier alpha value is -1.82. The molecule has 1 aliphatic rings. The molecule has 0 atom stereocenters. The second kappa shape index (κ2) is 4.45. The molecule has 1 aromatic carbocycles. The monoisotopic (exact) mass is 310 g/mol. The van der Waals surface area contributed by atoms with Crippen LogP contribution >= 0.6 is 15.9 Å². The molecule has 0 spiro atoms. The molecule has 1 aromatic rings. The summed E-state index contributed by atoms with van der Waals surface area (Å²) >= 11 is 3.37. The number of nitrogens with zero attached hydrogens (tertiary/aromatic N) is 1. The average molecular weight is 311 g/mol. The van der Waals surface area contributed by atoms with E-state index in [9.17, 15) is 9.59 Å². The van der Waals surface area contributed by atoms with Gasteiger partial charge in [0.05, 0.1) is 17.7 Å². The smallest absolute Gasteiger partial charge is 0.335 e. The molecular formula is C12H11BrN2O3. The molecule has 3 N–H and O–H groups in total. The van der Waals surface area contributed by atoms with Gasteiger partial charge in [0.1, 0.15) is 5.82 Å². The first-order valence-electron chi connectivity index (χ1n) is 5.23. The van der Waals surface area contributed by atoms with Gasteiger partial charge in [0.2, 0.25) is 5.91 Å². The van der Waals surface area contributed by atoms with Crippen LogP contribution in [0.4, 0.5) is 5.69 Å². The summed E-state index contributed by atoms with van der Waals surface area (Å²) in [4.78, 5) is 24.0. The first-order valence-corrected chi connectivity index (χ1v) is 6.02. The van der Waals surface area contributed by atoms with Gasteiger partial charge in [-0.05, 0) is 24.6 Å². The SMILES string of the molecule is Cc1ccc(N2C(=O)CC(C(=O)O)=C2N)cc1Br. The third-order valence-electron chi connectivity index (χ3n) is 2.80. The molecule has 0 aromatic heterocycles. The maximum atomic E-state index is 11.8. The number of amides is 1. The van der Waals surface area contributed by atoms with Gasteiger partial charge in [-0.3, -0.25) is 9.69 Å². The number of anilines is 1. The van der Waals surface area contributed by atoms with Crippen LogP contribution in [0.1, 0.15) is 12.0 Å². The minimum absolute atomic E-state index is 0.0109. The van der Waals surface area contributed by atoms with Crippen LogP contribution in [0.25, 0.3) is 0 Å². The third-order valence-corrected chi connectivity index (χ3v) is 3.65. The number of carboxylic acids is 1. The lowest BCUT2D eigenvalue weighted by molar-refractivity contribution is -0.133. The van der Waals surface area contributed by atoms with E-state index in [1.54, 1.807) is 12.1 Å². The summed E-state index contributed by atoms with van der Waals surface area (Å²) in [5, 5.41) is 8.94. The van der Waals surface area contributed by atoms with E-state index in [-0.39, 0.29) is 23.7 Å². The van der Waals surface area contributed by atoms with E-state index in [4.69, 9.17) is 10.8 Å². The number of benzene rings is 1. The van der Waals surface area contributed by atoms with Crippen molar-refractivity contribution in [2.45, 2.75) is 13.3 Å². The zero-order chi connectivity index (χ0) is 13.4. The van der Waals surface area contributed by atoms with E-state index in [0.717, 1.165) is 10.0 Å². The molecule has 1 aliphatic heterocycles. The molecule has 5 nitrogen and oxygen atoms in total. The quantitative estimate of drug-likeness (QED) is 0.871. The van der Waals surface area contributed by atoms with Crippen molar-refractivity contribution < 1.29 is 14.7 Å². The van der Waals surface area contributed by atoms with E-state index in [1.165, 1.54) is 4.90 Å². The molecule has 0 saturated heterocycles. The number of carbonyl (C=O) groups excluding carboxylic acids is 1. The van der Waals surface area contributed by atoms with Crippen LogP contribution in [0.3, 0.4) is 0 Å². The number of carboxylic acid groups (broad SMARTS) is 1. The minimum atomic E-state index is -1.16. The van der Waals surface area contributed by atoms with E-state index in [2.05, 4.69) is 15.9 Å². The Morgan fingerprint density at radius 3 is 2.67 bits per heavy atom. The number of rotatable bonds is 2. The second-order valence-electron chi connectivity index (χ2n) is 4.01. The zero-order valence-electron chi connectivity index (χ0n) is 9.61. The first-order chi connectivity index (χ1) is 8.41. The highest BCUT2D eigenvalue weighted by molar-refractivity contribution is 9.10. The van der Waals surface area contributed by atoms with Crippen LogP contribution in [0.5, 0.6) is 0 Å². The van der Waals surface area contributed by atoms with Crippen molar-refractivity contribution in [3.05, 3.63) is 39.6 Å². The lowest BCUT2D eigenvalue weighted by atomic mass is 10.2. The molecule has 2 rings (SSSR count). The predicted molar refractivity (Wildman–Crippen MR) is 69.8 cm³/mol. The fourth-order valence-electron chi connectivity index (χ4n) is 1.78. The molecule has 0 bridgehead atoms. The van der Waals surface area contributed by atoms with Gasteiger partial charge in [0, 0.05) is 4.47 Å². The molecule has 94 valence electrons. The Kier molecular flexibility index (Phi) is 3.13. The Labute approximate surface area is 112 Å². The highest BCUT2D eigenvalue weighted by Gasteiger charge is 2.33. The van der Waals surface area contributed by atoms with Gasteiger partial charge in [0.25, 0.3) is 0 Å². The summed E-state index contributed by atoms with van der Waals surface area (Å²) < 4.78 is 0.837. The Balaban J connectivity index is 2.47. The van der Waals surface area contributed by atoms with Crippen LogP contribution in [-0.2, 0) is 9.59 Å². The van der Waals surface area contributed by atoms with Crippen molar-refractivity contribution in [2.24, 2.45) is 5.73 Å². The zero-order valence-corrected chi connectivity index (χ0v) is 11.2. The lowest BCUT2D eigenvalue weighted by Gasteiger charge is -2.18. The number of hydrogen-bond donors (Lipinski definition) is 2. The van der Waals surface area contributed by atoms with Crippen molar-refractivity contribution in [1.29, 1.82) is 0 Å². The fraction of sp³-hybridized carbons (Fsp3) is 0.167. The van der Waals surface area contributed by atoms with Crippen LogP contribution in [-0.4, -0.2) is 17.0 Å². The van der Waals surface area contributed by atoms with Gasteiger partial charge in [-0.25, -0.2) is 4.79 Å². The first kappa shape index (κ1) is 12.6. The van der Waals surface area contributed by atoms with Crippen LogP contribution in [0.2, 0.25) is 0 Å². The number of aryl methyl sites for hydroxylation is 1. The van der Waals surface area contributed by atoms with Crippen molar-refractivity contribution in [2.75, 3.05) is 4.90 Å². The number of halogens is 1. The standard InChI is InChI=1S/C12H11BrN2O3/c1-6-2-3-7(4-9(6)13)15-10(16)5-8(11(15)14)12(17)18/h2-4H,5,14H2,1H3,(H,17,18). The largest absolute Gasteiger partial charge is 0.478 e. The number of hydrogen-bond acceptors (Lipinski definition) is 3. The molecule has 0 radical (unpaired) electrons. The molecule has 0 saturated carbocycles. The van der Waals surface area contributed by atoms with E-state index in [0.29, 0.717) is 5.69 Å². The van der Waals surface area contributed by atoms with Gasteiger partial charge >= 0.3 is 5.97 Å². The number of aliphatic carboxylic acids is 1. The highest BCUT2D eigenvalue weighted by Crippen LogP contribution is 2.30. The van der Waals surface area contributed by atoms with E-state index in [1.807, 2.05) is 13.0 Å². The van der Waals surface area contributed by atoms with Crippen LogP contribution < -0.4 is 10.6 Å². The fourth-order valence-corrected chi connectivity index (χ4v) is 2.15. The molecule has 0 unspecified atom stereocenters. The summed E-state index contributed by atoms with van der Waals surface area (Å²) in [6, 6.07) is 5.30. The minimum Gasteiger partial charge on any atom is -0.478 e. The normalized spacial score (nSPS) is 15.4. The van der Waals surface area contributed by atoms with E-state index >= 15 is 0 Å². The van der Waals surface area contributed by atoms with Gasteiger partial charge in [0.15, 0.2) is 0 Å². The summed E-state index contributed by atoms with van der Waals surface area (Å²) in [7, 11) is 0. The highest BCUT2D eigenvalue weighted by atomic mass is 79.9. The number of nitrogens with two attached hydrogens (primary N) is 1. The van der Waals surface area contributed by atoms with Crippen molar-refractivity contribution >= 4 is 33.5 Å². The summed E-state index contributed by atoms with van der Waals surface area (Å²) in [5.74, 6) is -1.50. The van der Waals surface area contributed by atoms with Crippen molar-refractivity contribution in [3.63, 3.8) is 0 Å². The van der Waals surface area contributed by atoms with Crippen molar-refractivity contribution in [1.82, 2.24) is 0 Å². The van der Waals surface area contributed by atoms with Gasteiger partial charge < -0.3 is 10.8 Å². The Bertz CT molecular complexity index is 581. The molecule has 6 heteroatoms. The van der Waals surface area contributed by atoms with Gasteiger partial charge in [-0.15, -0.1) is 0 Å². The average Bonchev–Trinajstić information content (AvgIpc) is 2.59. The third kappa shape index (κ3) is 1.99. The summed E-state index contributed by atoms with van der Waals surface area (Å²) in [5.41, 5.74) is 7.25.